The fourth-order valence-electron chi connectivity index (χ4n) is 0.838. The van der Waals surface area contributed by atoms with Gasteiger partial charge in [0.05, 0.1) is 0 Å². The number of nitrogens with one attached hydrogen (secondary N) is 1. The Kier molecular flexibility index (Phi) is 5.11. The minimum atomic E-state index is -0.973. The molecule has 0 aliphatic heterocycles. The minimum Gasteiger partial charge on any atom is -0.480 e. The zero-order valence-electron chi connectivity index (χ0n) is 8.33. The van der Waals surface area contributed by atoms with Crippen LogP contribution in [0.25, 0.3) is 0 Å². The molecule has 13 heavy (non-hydrogen) atoms. The predicted octanol–water partition coefficient (Wildman–Crippen LogP) is 1.01. The lowest BCUT2D eigenvalue weighted by molar-refractivity contribution is -0.142. The van der Waals surface area contributed by atoms with Crippen LogP contribution in [-0.2, 0) is 9.59 Å². The van der Waals surface area contributed by atoms with E-state index in [1.807, 2.05) is 6.92 Å². The third kappa shape index (κ3) is 3.92. The van der Waals surface area contributed by atoms with Crippen LogP contribution in [0.15, 0.2) is 0 Å². The average molecular weight is 187 g/mol. The summed E-state index contributed by atoms with van der Waals surface area (Å²) in [7, 11) is 0. The van der Waals surface area contributed by atoms with Crippen molar-refractivity contribution in [2.75, 3.05) is 0 Å². The van der Waals surface area contributed by atoms with E-state index in [2.05, 4.69) is 5.32 Å². The van der Waals surface area contributed by atoms with Crippen LogP contribution in [0.3, 0.4) is 0 Å². The molecule has 1 unspecified atom stereocenters. The summed E-state index contributed by atoms with van der Waals surface area (Å²) in [4.78, 5) is 21.8. The molecule has 0 heterocycles. The van der Waals surface area contributed by atoms with E-state index < -0.39 is 12.0 Å². The maximum Gasteiger partial charge on any atom is 0.326 e. The number of carbonyl (C=O) groups is 2. The van der Waals surface area contributed by atoms with E-state index in [9.17, 15) is 9.59 Å². The van der Waals surface area contributed by atoms with Crippen molar-refractivity contribution in [1.82, 2.24) is 5.32 Å². The van der Waals surface area contributed by atoms with Crippen molar-refractivity contribution < 1.29 is 14.7 Å². The molecule has 4 heteroatoms. The Morgan fingerprint density at radius 3 is 2.15 bits per heavy atom. The second-order valence-corrected chi connectivity index (χ2v) is 3.12. The van der Waals surface area contributed by atoms with Crippen molar-refractivity contribution in [2.45, 2.75) is 39.7 Å². The second-order valence-electron chi connectivity index (χ2n) is 3.12. The topological polar surface area (TPSA) is 66.4 Å². The normalized spacial score (nSPS) is 14.7. The third-order valence-electron chi connectivity index (χ3n) is 2.08. The van der Waals surface area contributed by atoms with Crippen molar-refractivity contribution in [3.63, 3.8) is 0 Å². The smallest absolute Gasteiger partial charge is 0.326 e. The zero-order valence-corrected chi connectivity index (χ0v) is 8.33. The molecule has 0 saturated heterocycles. The Bertz CT molecular complexity index is 191. The Balaban J connectivity index is 4.09. The van der Waals surface area contributed by atoms with Crippen LogP contribution in [0, 0.1) is 5.92 Å². The van der Waals surface area contributed by atoms with Gasteiger partial charge in [-0.2, -0.15) is 0 Å². The number of carbonyl (C=O) groups excluding carboxylic acids is 1. The average Bonchev–Trinajstić information content (AvgIpc) is 2.11. The monoisotopic (exact) mass is 187 g/mol. The first-order valence-corrected chi connectivity index (χ1v) is 4.56. The van der Waals surface area contributed by atoms with Crippen molar-refractivity contribution in [3.05, 3.63) is 0 Å². The van der Waals surface area contributed by atoms with E-state index >= 15 is 0 Å². The molecule has 0 aromatic rings. The van der Waals surface area contributed by atoms with Gasteiger partial charge in [-0.1, -0.05) is 20.8 Å². The van der Waals surface area contributed by atoms with Crippen molar-refractivity contribution >= 4 is 11.9 Å². The number of amides is 1. The number of aliphatic carboxylic acids is 1. The van der Waals surface area contributed by atoms with Crippen LogP contribution in [0.5, 0.6) is 0 Å². The summed E-state index contributed by atoms with van der Waals surface area (Å²) < 4.78 is 0. The van der Waals surface area contributed by atoms with E-state index in [-0.39, 0.29) is 11.8 Å². The Hall–Kier alpha value is -1.06. The van der Waals surface area contributed by atoms with Gasteiger partial charge in [0.1, 0.15) is 6.04 Å². The Morgan fingerprint density at radius 2 is 1.85 bits per heavy atom. The SMILES string of the molecule is CCC(C)C(=O)N[C@@H](CC)C(=O)O. The van der Waals surface area contributed by atoms with Crippen molar-refractivity contribution in [3.8, 4) is 0 Å². The fraction of sp³-hybridized carbons (Fsp3) is 0.778. The van der Waals surface area contributed by atoms with Gasteiger partial charge >= 0.3 is 5.97 Å². The van der Waals surface area contributed by atoms with E-state index in [0.717, 1.165) is 6.42 Å². The van der Waals surface area contributed by atoms with Crippen LogP contribution >= 0.6 is 0 Å². The van der Waals surface area contributed by atoms with Gasteiger partial charge < -0.3 is 10.4 Å². The highest BCUT2D eigenvalue weighted by molar-refractivity contribution is 5.84. The van der Waals surface area contributed by atoms with Crippen LogP contribution in [0.2, 0.25) is 0 Å². The van der Waals surface area contributed by atoms with E-state index in [1.165, 1.54) is 0 Å². The second kappa shape index (κ2) is 5.56. The highest BCUT2D eigenvalue weighted by atomic mass is 16.4. The summed E-state index contributed by atoms with van der Waals surface area (Å²) in [6.45, 7) is 5.41. The van der Waals surface area contributed by atoms with E-state index in [4.69, 9.17) is 5.11 Å². The van der Waals surface area contributed by atoms with Gasteiger partial charge in [-0.25, -0.2) is 4.79 Å². The number of hydrogen-bond donors (Lipinski definition) is 2. The molecule has 0 saturated carbocycles. The van der Waals surface area contributed by atoms with Crippen LogP contribution < -0.4 is 5.32 Å². The predicted molar refractivity (Wildman–Crippen MR) is 49.3 cm³/mol. The van der Waals surface area contributed by atoms with Crippen molar-refractivity contribution in [1.29, 1.82) is 0 Å². The first kappa shape index (κ1) is 11.9. The molecule has 76 valence electrons. The summed E-state index contributed by atoms with van der Waals surface area (Å²) in [5.74, 6) is -1.27. The van der Waals surface area contributed by atoms with E-state index in [0.29, 0.717) is 6.42 Å². The van der Waals surface area contributed by atoms with Crippen LogP contribution in [0.1, 0.15) is 33.6 Å². The number of rotatable bonds is 5. The molecule has 0 rings (SSSR count). The lowest BCUT2D eigenvalue weighted by Crippen LogP contribution is -2.42. The van der Waals surface area contributed by atoms with Crippen LogP contribution in [0.4, 0.5) is 0 Å². The number of hydrogen-bond acceptors (Lipinski definition) is 2. The summed E-state index contributed by atoms with van der Waals surface area (Å²) in [5.41, 5.74) is 0. The molecule has 0 aromatic carbocycles. The quantitative estimate of drug-likeness (QED) is 0.675. The summed E-state index contributed by atoms with van der Waals surface area (Å²) in [5, 5.41) is 11.1. The van der Waals surface area contributed by atoms with Gasteiger partial charge in [-0.05, 0) is 12.8 Å². The van der Waals surface area contributed by atoms with E-state index in [1.54, 1.807) is 13.8 Å². The molecule has 0 aliphatic carbocycles. The molecule has 1 amide bonds. The standard InChI is InChI=1S/C9H17NO3/c1-4-6(3)8(11)10-7(5-2)9(12)13/h6-7H,4-5H2,1-3H3,(H,10,11)(H,12,13)/t6?,7-/m0/s1. The van der Waals surface area contributed by atoms with Gasteiger partial charge in [0.15, 0.2) is 0 Å². The Labute approximate surface area is 78.3 Å². The number of carboxylic acid groups (broad SMARTS) is 1. The molecule has 0 aromatic heterocycles. The van der Waals surface area contributed by atoms with Gasteiger partial charge in [-0.15, -0.1) is 0 Å². The molecule has 0 radical (unpaired) electrons. The summed E-state index contributed by atoms with van der Waals surface area (Å²) in [6.07, 6.45) is 1.14. The zero-order chi connectivity index (χ0) is 10.4. The first-order chi connectivity index (χ1) is 6.02. The Morgan fingerprint density at radius 1 is 1.31 bits per heavy atom. The molecular weight excluding hydrogens is 170 g/mol. The van der Waals surface area contributed by atoms with Gasteiger partial charge in [0.2, 0.25) is 5.91 Å². The molecule has 2 atom stereocenters. The van der Waals surface area contributed by atoms with Gasteiger partial charge in [0, 0.05) is 5.92 Å². The molecule has 0 bridgehead atoms. The molecule has 0 aliphatic rings. The lowest BCUT2D eigenvalue weighted by atomic mass is 10.1. The molecular formula is C9H17NO3. The molecule has 0 fully saturated rings. The molecule has 0 spiro atoms. The van der Waals surface area contributed by atoms with Gasteiger partial charge in [0.25, 0.3) is 0 Å². The van der Waals surface area contributed by atoms with Crippen molar-refractivity contribution in [2.24, 2.45) is 5.92 Å². The molecule has 2 N–H and O–H groups in total. The summed E-state index contributed by atoms with van der Waals surface area (Å²) >= 11 is 0. The fourth-order valence-corrected chi connectivity index (χ4v) is 0.838. The highest BCUT2D eigenvalue weighted by Gasteiger charge is 2.19. The lowest BCUT2D eigenvalue weighted by Gasteiger charge is -2.15. The molecule has 4 nitrogen and oxygen atoms in total. The van der Waals surface area contributed by atoms with Gasteiger partial charge in [-0.3, -0.25) is 4.79 Å². The third-order valence-corrected chi connectivity index (χ3v) is 2.08. The maximum atomic E-state index is 11.3. The van der Waals surface area contributed by atoms with Crippen LogP contribution in [-0.4, -0.2) is 23.0 Å². The highest BCUT2D eigenvalue weighted by Crippen LogP contribution is 2.01. The maximum absolute atomic E-state index is 11.3. The minimum absolute atomic E-state index is 0.117. The first-order valence-electron chi connectivity index (χ1n) is 4.56. The summed E-state index contributed by atoms with van der Waals surface area (Å²) in [6, 6.07) is -0.749. The number of carboxylic acids is 1. The largest absolute Gasteiger partial charge is 0.480 e.